The Morgan fingerprint density at radius 2 is 1.24 bits per heavy atom. The quantitative estimate of drug-likeness (QED) is 0.223. The van der Waals surface area contributed by atoms with E-state index in [9.17, 15) is 33.6 Å². The minimum atomic E-state index is -2.15. The van der Waals surface area contributed by atoms with Crippen molar-refractivity contribution in [2.45, 2.75) is 111 Å². The molecule has 0 spiro atoms. The smallest absolute Gasteiger partial charge is 0.338 e. The lowest BCUT2D eigenvalue weighted by atomic mass is 9.74. The molecule has 0 amide bonds. The first-order valence-electron chi connectivity index (χ1n) is 16.3. The molecule has 272 valence electrons. The number of Topliss-reactive ketones (excluding diaryl/α,β-unsaturated/α-hetero) is 1. The Labute approximate surface area is 291 Å². The molecule has 0 heterocycles. The molecular formula is C37H46O13. The number of rotatable bonds is 7. The number of esters is 6. The van der Waals surface area contributed by atoms with Crippen molar-refractivity contribution in [3.8, 4) is 0 Å². The van der Waals surface area contributed by atoms with Gasteiger partial charge in [-0.15, -0.1) is 0 Å². The van der Waals surface area contributed by atoms with Gasteiger partial charge in [-0.1, -0.05) is 58.0 Å². The molecule has 3 rings (SSSR count). The van der Waals surface area contributed by atoms with Crippen LogP contribution in [0.15, 0.2) is 54.1 Å². The average Bonchev–Trinajstić information content (AvgIpc) is 3.24. The fourth-order valence-electron chi connectivity index (χ4n) is 6.70. The van der Waals surface area contributed by atoms with Gasteiger partial charge in [0.15, 0.2) is 35.3 Å². The second kappa shape index (κ2) is 15.4. The van der Waals surface area contributed by atoms with E-state index in [1.165, 1.54) is 31.2 Å². The summed E-state index contributed by atoms with van der Waals surface area (Å²) < 4.78 is 35.2. The summed E-state index contributed by atoms with van der Waals surface area (Å²) in [6, 6.07) is 8.07. The highest BCUT2D eigenvalue weighted by molar-refractivity contribution is 5.97. The summed E-state index contributed by atoms with van der Waals surface area (Å²) in [6.07, 6.45) is -1.78. The summed E-state index contributed by atoms with van der Waals surface area (Å²) in [4.78, 5) is 91.9. The van der Waals surface area contributed by atoms with Crippen LogP contribution in [-0.4, -0.2) is 77.2 Å². The van der Waals surface area contributed by atoms with Crippen LogP contribution in [0.2, 0.25) is 0 Å². The molecule has 1 saturated carbocycles. The molecule has 0 radical (unpaired) electrons. The maximum Gasteiger partial charge on any atom is 0.338 e. The molecule has 50 heavy (non-hydrogen) atoms. The van der Waals surface area contributed by atoms with E-state index in [-0.39, 0.29) is 17.6 Å². The molecule has 13 nitrogen and oxygen atoms in total. The molecule has 8 atom stereocenters. The van der Waals surface area contributed by atoms with Crippen LogP contribution in [0.5, 0.6) is 0 Å². The van der Waals surface area contributed by atoms with E-state index < -0.39 is 94.5 Å². The first-order valence-corrected chi connectivity index (χ1v) is 16.3. The maximum atomic E-state index is 14.7. The second-order valence-electron chi connectivity index (χ2n) is 13.6. The first kappa shape index (κ1) is 39.6. The third-order valence-electron chi connectivity index (χ3n) is 8.68. The molecule has 0 saturated heterocycles. The summed E-state index contributed by atoms with van der Waals surface area (Å²) in [5.41, 5.74) is -5.31. The highest BCUT2D eigenvalue weighted by Crippen LogP contribution is 2.49. The number of carbonyl (C=O) groups excluding carboxylic acids is 7. The topological polar surface area (TPSA) is 175 Å². The van der Waals surface area contributed by atoms with E-state index in [4.69, 9.17) is 28.4 Å². The van der Waals surface area contributed by atoms with E-state index >= 15 is 0 Å². The van der Waals surface area contributed by atoms with Crippen molar-refractivity contribution in [2.75, 3.05) is 0 Å². The maximum absolute atomic E-state index is 14.7. The van der Waals surface area contributed by atoms with Crippen LogP contribution in [0.3, 0.4) is 0 Å². The van der Waals surface area contributed by atoms with E-state index in [1.807, 2.05) is 0 Å². The number of ketones is 1. The zero-order chi connectivity index (χ0) is 37.8. The molecule has 0 bridgehead atoms. The van der Waals surface area contributed by atoms with E-state index in [0.29, 0.717) is 0 Å². The number of fused-ring (bicyclic) bond motifs is 1. The van der Waals surface area contributed by atoms with Crippen LogP contribution in [0, 0.1) is 17.3 Å². The number of hydrogen-bond donors (Lipinski definition) is 0. The SMILES string of the molecule is CC(=O)O[C@@H]1[C@@H](OC(C)=O)C(C)(C)/C=C/[C@@H](C)C(=O)[C@@]2(OC(C)=O)C[C@H](C)[C@H](OC(=O)c3ccccc3)/C2=C/[C@](C)(OC(C)=O)[C@@H]1OC(C)=O. The highest BCUT2D eigenvalue weighted by Gasteiger charge is 2.61. The Morgan fingerprint density at radius 3 is 1.76 bits per heavy atom. The Balaban J connectivity index is 2.53. The monoisotopic (exact) mass is 698 g/mol. The van der Waals surface area contributed by atoms with Crippen molar-refractivity contribution in [3.05, 3.63) is 59.7 Å². The summed E-state index contributed by atoms with van der Waals surface area (Å²) in [5, 5.41) is 0. The van der Waals surface area contributed by atoms with E-state index in [1.54, 1.807) is 52.0 Å². The molecule has 1 aromatic rings. The Bertz CT molecular complexity index is 1570. The van der Waals surface area contributed by atoms with Crippen molar-refractivity contribution in [3.63, 3.8) is 0 Å². The normalized spacial score (nSPS) is 32.3. The Hall–Kier alpha value is -4.81. The van der Waals surface area contributed by atoms with Gasteiger partial charge in [0.2, 0.25) is 0 Å². The number of ether oxygens (including phenoxy) is 6. The largest absolute Gasteiger partial charge is 0.458 e. The van der Waals surface area contributed by atoms with E-state index in [0.717, 1.165) is 34.6 Å². The van der Waals surface area contributed by atoms with Gasteiger partial charge in [-0.2, -0.15) is 0 Å². The average molecular weight is 699 g/mol. The zero-order valence-corrected chi connectivity index (χ0v) is 30.1. The predicted octanol–water partition coefficient (Wildman–Crippen LogP) is 4.40. The molecule has 1 aromatic carbocycles. The Morgan fingerprint density at radius 1 is 0.700 bits per heavy atom. The van der Waals surface area contributed by atoms with Crippen LogP contribution in [-0.2, 0) is 57.2 Å². The third kappa shape index (κ3) is 8.85. The number of hydrogen-bond acceptors (Lipinski definition) is 13. The minimum Gasteiger partial charge on any atom is -0.458 e. The zero-order valence-electron chi connectivity index (χ0n) is 30.1. The molecule has 0 unspecified atom stereocenters. The van der Waals surface area contributed by atoms with Gasteiger partial charge in [-0.3, -0.25) is 28.8 Å². The highest BCUT2D eigenvalue weighted by atomic mass is 16.6. The summed E-state index contributed by atoms with van der Waals surface area (Å²) in [5.74, 6) is -7.19. The van der Waals surface area contributed by atoms with Gasteiger partial charge in [0, 0.05) is 63.9 Å². The third-order valence-corrected chi connectivity index (χ3v) is 8.68. The molecule has 1 fully saturated rings. The molecule has 2 aliphatic carbocycles. The van der Waals surface area contributed by atoms with Crippen molar-refractivity contribution in [1.82, 2.24) is 0 Å². The van der Waals surface area contributed by atoms with Crippen molar-refractivity contribution in [2.24, 2.45) is 17.3 Å². The molecule has 0 N–H and O–H groups in total. The minimum absolute atomic E-state index is 0.0684. The molecular weight excluding hydrogens is 652 g/mol. The fourth-order valence-corrected chi connectivity index (χ4v) is 6.70. The van der Waals surface area contributed by atoms with Gasteiger partial charge < -0.3 is 28.4 Å². The van der Waals surface area contributed by atoms with Crippen molar-refractivity contribution in [1.29, 1.82) is 0 Å². The van der Waals surface area contributed by atoms with Gasteiger partial charge in [0.25, 0.3) is 0 Å². The van der Waals surface area contributed by atoms with Gasteiger partial charge in [-0.25, -0.2) is 4.79 Å². The lowest BCUT2D eigenvalue weighted by Gasteiger charge is -2.45. The summed E-state index contributed by atoms with van der Waals surface area (Å²) in [7, 11) is 0. The van der Waals surface area contributed by atoms with Crippen molar-refractivity contribution >= 4 is 41.6 Å². The Kier molecular flexibility index (Phi) is 12.2. The number of allylic oxidation sites excluding steroid dienone is 1. The van der Waals surface area contributed by atoms with Gasteiger partial charge in [0.1, 0.15) is 6.10 Å². The fraction of sp³-hybridized carbons (Fsp3) is 0.541. The van der Waals surface area contributed by atoms with Crippen LogP contribution >= 0.6 is 0 Å². The van der Waals surface area contributed by atoms with Gasteiger partial charge in [-0.05, 0) is 25.1 Å². The van der Waals surface area contributed by atoms with Gasteiger partial charge >= 0.3 is 35.8 Å². The molecule has 2 aliphatic rings. The molecule has 0 aliphatic heterocycles. The molecule has 0 aromatic heterocycles. The number of carbonyl (C=O) groups is 7. The second-order valence-corrected chi connectivity index (χ2v) is 13.6. The van der Waals surface area contributed by atoms with Crippen molar-refractivity contribution < 1.29 is 62.0 Å². The summed E-state index contributed by atoms with van der Waals surface area (Å²) in [6.45, 7) is 13.4. The summed E-state index contributed by atoms with van der Waals surface area (Å²) >= 11 is 0. The van der Waals surface area contributed by atoms with Gasteiger partial charge in [0.05, 0.1) is 5.56 Å². The van der Waals surface area contributed by atoms with Crippen LogP contribution in [0.25, 0.3) is 0 Å². The van der Waals surface area contributed by atoms with Crippen LogP contribution in [0.1, 0.15) is 86.0 Å². The standard InChI is InChI=1S/C37H46O13/c1-20-16-17-35(8,9)32(46-23(4)39)30(45-22(3)38)33(47-24(5)40)36(10,49-25(6)41)19-28-29(48-34(44)27-14-12-11-13-15-27)21(2)18-37(28,31(20)43)50-26(7)42/h11-17,19-21,29-30,32-33H,18H2,1-10H3/b17-16+,28-19-/t20-,21+,29+,30-,32-,33-,36+,37-/m1/s1. The van der Waals surface area contributed by atoms with Crippen LogP contribution < -0.4 is 0 Å². The first-order chi connectivity index (χ1) is 23.1. The molecule has 13 heteroatoms. The lowest BCUT2D eigenvalue weighted by molar-refractivity contribution is -0.213. The van der Waals surface area contributed by atoms with Crippen LogP contribution in [0.4, 0.5) is 0 Å². The number of benzene rings is 1. The lowest BCUT2D eigenvalue weighted by Crippen LogP contribution is -2.60. The van der Waals surface area contributed by atoms with E-state index in [2.05, 4.69) is 0 Å². The predicted molar refractivity (Wildman–Crippen MR) is 176 cm³/mol.